The third-order valence-corrected chi connectivity index (χ3v) is 3.24. The molecule has 1 heteroatoms. The molecule has 0 saturated carbocycles. The Morgan fingerprint density at radius 1 is 1.08 bits per heavy atom. The molecule has 0 aromatic rings. The van der Waals surface area contributed by atoms with E-state index in [-0.39, 0.29) is 0 Å². The molecule has 0 rings (SSSR count). The van der Waals surface area contributed by atoms with Crippen LogP contribution in [-0.4, -0.2) is 11.6 Å². The van der Waals surface area contributed by atoms with Crippen molar-refractivity contribution in [1.82, 2.24) is 5.32 Å². The van der Waals surface area contributed by atoms with Gasteiger partial charge in [0.1, 0.15) is 0 Å². The van der Waals surface area contributed by atoms with Crippen molar-refractivity contribution >= 4 is 0 Å². The van der Waals surface area contributed by atoms with Crippen LogP contribution in [0.2, 0.25) is 0 Å². The first-order chi connectivity index (χ1) is 6.00. The van der Waals surface area contributed by atoms with Gasteiger partial charge >= 0.3 is 0 Å². The fraction of sp³-hybridized carbons (Fsp3) is 1.00. The molecule has 0 aliphatic heterocycles. The molecule has 80 valence electrons. The van der Waals surface area contributed by atoms with Crippen LogP contribution in [0.1, 0.15) is 60.8 Å². The topological polar surface area (TPSA) is 12.0 Å². The van der Waals surface area contributed by atoms with Crippen molar-refractivity contribution in [3.63, 3.8) is 0 Å². The molecule has 0 bridgehead atoms. The summed E-state index contributed by atoms with van der Waals surface area (Å²) < 4.78 is 0. The van der Waals surface area contributed by atoms with Gasteiger partial charge in [0.2, 0.25) is 0 Å². The lowest BCUT2D eigenvalue weighted by Crippen LogP contribution is -2.50. The molecule has 0 heterocycles. The highest BCUT2D eigenvalue weighted by molar-refractivity contribution is 4.89. The van der Waals surface area contributed by atoms with Crippen LogP contribution in [0.25, 0.3) is 0 Å². The van der Waals surface area contributed by atoms with Gasteiger partial charge in [0.25, 0.3) is 0 Å². The Balaban J connectivity index is 4.39. The van der Waals surface area contributed by atoms with Crippen molar-refractivity contribution < 1.29 is 0 Å². The highest BCUT2D eigenvalue weighted by Gasteiger charge is 2.29. The molecule has 13 heavy (non-hydrogen) atoms. The van der Waals surface area contributed by atoms with Crippen LogP contribution < -0.4 is 5.32 Å². The van der Waals surface area contributed by atoms with Crippen molar-refractivity contribution in [1.29, 1.82) is 0 Å². The SMILES string of the molecule is CCC(CC)C(C)(CC)NC(C)C. The highest BCUT2D eigenvalue weighted by Crippen LogP contribution is 2.27. The first kappa shape index (κ1) is 13.0. The Bertz CT molecular complexity index is 127. The lowest BCUT2D eigenvalue weighted by Gasteiger charge is -2.39. The van der Waals surface area contributed by atoms with Crippen LogP contribution in [-0.2, 0) is 0 Å². The van der Waals surface area contributed by atoms with Gasteiger partial charge < -0.3 is 5.32 Å². The number of nitrogens with one attached hydrogen (secondary N) is 1. The Morgan fingerprint density at radius 2 is 1.54 bits per heavy atom. The summed E-state index contributed by atoms with van der Waals surface area (Å²) in [6, 6.07) is 0.588. The summed E-state index contributed by atoms with van der Waals surface area (Å²) in [5.41, 5.74) is 0.331. The molecule has 0 aromatic heterocycles. The standard InChI is InChI=1S/C12H27N/c1-7-11(8-2)12(6,9-3)13-10(4)5/h10-11,13H,7-9H2,1-6H3. The summed E-state index contributed by atoms with van der Waals surface area (Å²) in [5, 5.41) is 3.71. The fourth-order valence-corrected chi connectivity index (χ4v) is 2.36. The van der Waals surface area contributed by atoms with Gasteiger partial charge in [-0.05, 0) is 19.3 Å². The van der Waals surface area contributed by atoms with Gasteiger partial charge in [0.15, 0.2) is 0 Å². The molecule has 0 aromatic carbocycles. The molecule has 1 N–H and O–H groups in total. The van der Waals surface area contributed by atoms with E-state index in [2.05, 4.69) is 46.9 Å². The van der Waals surface area contributed by atoms with Gasteiger partial charge in [0.05, 0.1) is 0 Å². The maximum absolute atomic E-state index is 3.71. The minimum atomic E-state index is 0.331. The average Bonchev–Trinajstić information content (AvgIpc) is 2.05. The summed E-state index contributed by atoms with van der Waals surface area (Å²) >= 11 is 0. The molecular formula is C12H27N. The summed E-state index contributed by atoms with van der Waals surface area (Å²) in [6.45, 7) is 13.7. The quantitative estimate of drug-likeness (QED) is 0.667. The first-order valence-corrected chi connectivity index (χ1v) is 5.77. The minimum Gasteiger partial charge on any atom is -0.309 e. The van der Waals surface area contributed by atoms with E-state index in [0.29, 0.717) is 11.6 Å². The molecular weight excluding hydrogens is 158 g/mol. The van der Waals surface area contributed by atoms with Crippen LogP contribution in [0.3, 0.4) is 0 Å². The smallest absolute Gasteiger partial charge is 0.0181 e. The van der Waals surface area contributed by atoms with Crippen LogP contribution in [0.5, 0.6) is 0 Å². The molecule has 0 saturated heterocycles. The molecule has 0 fully saturated rings. The average molecular weight is 185 g/mol. The first-order valence-electron chi connectivity index (χ1n) is 5.77. The Morgan fingerprint density at radius 3 is 1.77 bits per heavy atom. The normalized spacial score (nSPS) is 16.6. The van der Waals surface area contributed by atoms with Crippen molar-refractivity contribution in [2.75, 3.05) is 0 Å². The molecule has 0 radical (unpaired) electrons. The molecule has 0 aliphatic carbocycles. The van der Waals surface area contributed by atoms with E-state index >= 15 is 0 Å². The second-order valence-electron chi connectivity index (χ2n) is 4.58. The zero-order valence-corrected chi connectivity index (χ0v) is 10.3. The minimum absolute atomic E-state index is 0.331. The Labute approximate surface area is 84.3 Å². The summed E-state index contributed by atoms with van der Waals surface area (Å²) in [6.07, 6.45) is 3.78. The van der Waals surface area contributed by atoms with Crippen LogP contribution in [0, 0.1) is 5.92 Å². The van der Waals surface area contributed by atoms with Gasteiger partial charge in [-0.15, -0.1) is 0 Å². The van der Waals surface area contributed by atoms with E-state index in [0.717, 1.165) is 5.92 Å². The van der Waals surface area contributed by atoms with E-state index in [1.807, 2.05) is 0 Å². The van der Waals surface area contributed by atoms with E-state index in [4.69, 9.17) is 0 Å². The summed E-state index contributed by atoms with van der Waals surface area (Å²) in [5.74, 6) is 0.805. The van der Waals surface area contributed by atoms with Gasteiger partial charge in [-0.2, -0.15) is 0 Å². The predicted molar refractivity (Wildman–Crippen MR) is 61.0 cm³/mol. The molecule has 1 nitrogen and oxygen atoms in total. The van der Waals surface area contributed by atoms with E-state index in [9.17, 15) is 0 Å². The Hall–Kier alpha value is -0.0400. The lowest BCUT2D eigenvalue weighted by atomic mass is 9.79. The number of hydrogen-bond donors (Lipinski definition) is 1. The molecule has 0 spiro atoms. The largest absolute Gasteiger partial charge is 0.309 e. The number of rotatable bonds is 6. The second kappa shape index (κ2) is 5.64. The number of hydrogen-bond acceptors (Lipinski definition) is 1. The maximum atomic E-state index is 3.71. The molecule has 1 unspecified atom stereocenters. The predicted octanol–water partition coefficient (Wildman–Crippen LogP) is 3.59. The van der Waals surface area contributed by atoms with Gasteiger partial charge in [-0.25, -0.2) is 0 Å². The van der Waals surface area contributed by atoms with Gasteiger partial charge in [0, 0.05) is 11.6 Å². The van der Waals surface area contributed by atoms with E-state index < -0.39 is 0 Å². The second-order valence-corrected chi connectivity index (χ2v) is 4.58. The van der Waals surface area contributed by atoms with E-state index in [1.165, 1.54) is 19.3 Å². The molecule has 0 amide bonds. The van der Waals surface area contributed by atoms with Crippen molar-refractivity contribution in [3.05, 3.63) is 0 Å². The summed E-state index contributed by atoms with van der Waals surface area (Å²) in [4.78, 5) is 0. The van der Waals surface area contributed by atoms with E-state index in [1.54, 1.807) is 0 Å². The third kappa shape index (κ3) is 3.68. The Kier molecular flexibility index (Phi) is 5.62. The van der Waals surface area contributed by atoms with Crippen LogP contribution in [0.4, 0.5) is 0 Å². The zero-order chi connectivity index (χ0) is 10.5. The van der Waals surface area contributed by atoms with Gasteiger partial charge in [-0.3, -0.25) is 0 Å². The fourth-order valence-electron chi connectivity index (χ4n) is 2.36. The monoisotopic (exact) mass is 185 g/mol. The maximum Gasteiger partial charge on any atom is 0.0181 e. The third-order valence-electron chi connectivity index (χ3n) is 3.24. The molecule has 0 aliphatic rings. The zero-order valence-electron chi connectivity index (χ0n) is 10.3. The lowest BCUT2D eigenvalue weighted by molar-refractivity contribution is 0.194. The van der Waals surface area contributed by atoms with Crippen molar-refractivity contribution in [3.8, 4) is 0 Å². The highest BCUT2D eigenvalue weighted by atomic mass is 15.0. The van der Waals surface area contributed by atoms with Crippen molar-refractivity contribution in [2.45, 2.75) is 72.4 Å². The van der Waals surface area contributed by atoms with Crippen LogP contribution >= 0.6 is 0 Å². The summed E-state index contributed by atoms with van der Waals surface area (Å²) in [7, 11) is 0. The van der Waals surface area contributed by atoms with Gasteiger partial charge in [-0.1, -0.05) is 47.5 Å². The molecule has 1 atom stereocenters. The van der Waals surface area contributed by atoms with Crippen molar-refractivity contribution in [2.24, 2.45) is 5.92 Å². The van der Waals surface area contributed by atoms with Crippen LogP contribution in [0.15, 0.2) is 0 Å².